The van der Waals surface area contributed by atoms with Gasteiger partial charge in [0.1, 0.15) is 0 Å². The molecule has 0 saturated carbocycles. The van der Waals surface area contributed by atoms with E-state index in [9.17, 15) is 0 Å². The summed E-state index contributed by atoms with van der Waals surface area (Å²) in [5, 5.41) is 0. The predicted octanol–water partition coefficient (Wildman–Crippen LogP) is 27.4. The lowest BCUT2D eigenvalue weighted by Gasteiger charge is -2.46. The van der Waals surface area contributed by atoms with E-state index < -0.39 is 0 Å². The van der Waals surface area contributed by atoms with Crippen LogP contribution in [0.4, 0.5) is 85.3 Å². The minimum atomic E-state index is -0.199. The maximum atomic E-state index is 2.73. The molecule has 0 fully saturated rings. The van der Waals surface area contributed by atoms with Crippen LogP contribution < -0.4 is 57.3 Å². The molecule has 0 saturated heterocycles. The monoisotopic (exact) mass is 1510 g/mol. The minimum Gasteiger partial charge on any atom is -0.311 e. The van der Waals surface area contributed by atoms with Crippen LogP contribution in [0.25, 0.3) is 11.1 Å². The Balaban J connectivity index is 0.996. The van der Waals surface area contributed by atoms with E-state index in [4.69, 9.17) is 0 Å². The predicted molar refractivity (Wildman–Crippen MR) is 497 cm³/mol. The van der Waals surface area contributed by atoms with Gasteiger partial charge in [-0.3, -0.25) is 0 Å². The number of hydrogen-bond donors (Lipinski definition) is 0. The van der Waals surface area contributed by atoms with Gasteiger partial charge in [-0.15, -0.1) is 0 Å². The summed E-state index contributed by atoms with van der Waals surface area (Å²) < 4.78 is 0. The molecule has 0 amide bonds. The van der Waals surface area contributed by atoms with Gasteiger partial charge in [-0.05, 0) is 257 Å². The molecule has 0 unspecified atom stereocenters. The molecule has 0 spiro atoms. The van der Waals surface area contributed by atoms with Crippen LogP contribution >= 0.6 is 11.8 Å². The lowest BCUT2D eigenvalue weighted by atomic mass is 9.31. The van der Waals surface area contributed by atoms with E-state index in [2.05, 4.69) is 423 Å². The molecule has 4 aliphatic rings. The van der Waals surface area contributed by atoms with Crippen molar-refractivity contribution in [3.8, 4) is 11.1 Å². The molecule has 0 atom stereocenters. The van der Waals surface area contributed by atoms with Gasteiger partial charge < -0.3 is 24.5 Å². The normalized spacial score (nSPS) is 13.4. The Labute approximate surface area is 685 Å². The SMILES string of the molecule is CC(C)c1ccc(N(c2ccc(C(C)C)cc2)c2cc3c4c(c2)N(c2ccc(C(C)C)cc2)c2ccc(C(C)C)cc2B4c2cc4c(cc2S3)N(c2ccccc2-c2ccc(C(C)(C)C)cc2)c2cc(N(c3ccc(C(C)C)cc3)c3ccc(C(C)C)cc3)cc3c2B4c2cc(C(C)C)ccc2N3c2ccc(C(C)C)cc2)cc1. The number of nitrogens with zero attached hydrogens (tertiary/aromatic N) is 5. The first-order chi connectivity index (χ1) is 54.8. The fourth-order valence-corrected chi connectivity index (χ4v) is 19.3. The van der Waals surface area contributed by atoms with Crippen molar-refractivity contribution in [3.05, 3.63) is 317 Å². The molecular formula is C106H109B2N5S. The Kier molecular flexibility index (Phi) is 20.0. The number of hydrogen-bond acceptors (Lipinski definition) is 6. The summed E-state index contributed by atoms with van der Waals surface area (Å²) in [5.74, 6) is 2.85. The highest BCUT2D eigenvalue weighted by molar-refractivity contribution is 8.00. The third kappa shape index (κ3) is 13.6. The van der Waals surface area contributed by atoms with Gasteiger partial charge in [0.25, 0.3) is 6.71 Å². The minimum absolute atomic E-state index is 0.0267. The maximum Gasteiger partial charge on any atom is 0.252 e. The van der Waals surface area contributed by atoms with Gasteiger partial charge in [-0.2, -0.15) is 0 Å². The van der Waals surface area contributed by atoms with Crippen molar-refractivity contribution in [1.82, 2.24) is 0 Å². The van der Waals surface area contributed by atoms with Crippen molar-refractivity contribution in [1.29, 1.82) is 0 Å². The van der Waals surface area contributed by atoms with E-state index in [0.29, 0.717) is 41.4 Å². The molecule has 5 nitrogen and oxygen atoms in total. The first-order valence-corrected chi connectivity index (χ1v) is 42.9. The van der Waals surface area contributed by atoms with E-state index in [1.165, 1.54) is 127 Å². The Morgan fingerprint density at radius 2 is 0.605 bits per heavy atom. The first-order valence-electron chi connectivity index (χ1n) is 42.1. The summed E-state index contributed by atoms with van der Waals surface area (Å²) in [6.07, 6.45) is 0. The second kappa shape index (κ2) is 29.9. The fourth-order valence-electron chi connectivity index (χ4n) is 18.1. The van der Waals surface area contributed by atoms with E-state index >= 15 is 0 Å². The number of rotatable bonds is 18. The maximum absolute atomic E-state index is 2.73. The summed E-state index contributed by atoms with van der Waals surface area (Å²) in [4.78, 5) is 15.5. The van der Waals surface area contributed by atoms with Gasteiger partial charge in [0.05, 0.1) is 11.4 Å². The highest BCUT2D eigenvalue weighted by atomic mass is 32.2. The third-order valence-electron chi connectivity index (χ3n) is 24.9. The van der Waals surface area contributed by atoms with Crippen LogP contribution in [0.15, 0.2) is 277 Å². The molecular weight excluding hydrogens is 1400 g/mol. The summed E-state index contributed by atoms with van der Waals surface area (Å²) in [6, 6.07) is 106. The molecule has 0 aliphatic carbocycles. The topological polar surface area (TPSA) is 16.2 Å². The van der Waals surface area contributed by atoms with Gasteiger partial charge in [0.15, 0.2) is 0 Å². The lowest BCUT2D eigenvalue weighted by Crippen LogP contribution is -2.64. The lowest BCUT2D eigenvalue weighted by molar-refractivity contribution is 0.590. The van der Waals surface area contributed by atoms with Gasteiger partial charge in [0, 0.05) is 89.3 Å². The molecule has 13 aromatic rings. The van der Waals surface area contributed by atoms with Gasteiger partial charge in [0.2, 0.25) is 6.71 Å². The highest BCUT2D eigenvalue weighted by Gasteiger charge is 2.49. The Bertz CT molecular complexity index is 5670. The van der Waals surface area contributed by atoms with E-state index in [1.807, 2.05) is 11.8 Å². The number of fused-ring (bicyclic) bond motifs is 8. The van der Waals surface area contributed by atoms with Crippen LogP contribution in [0.5, 0.6) is 0 Å². The second-order valence-electron chi connectivity index (χ2n) is 36.1. The van der Waals surface area contributed by atoms with Crippen LogP contribution in [0.1, 0.15) is 229 Å². The second-order valence-corrected chi connectivity index (χ2v) is 37.2. The van der Waals surface area contributed by atoms with Crippen LogP contribution in [0.2, 0.25) is 0 Å². The zero-order chi connectivity index (χ0) is 79.6. The van der Waals surface area contributed by atoms with Crippen molar-refractivity contribution in [3.63, 3.8) is 0 Å². The standard InChI is InChI=1S/C106H109B2N5S/c1-64(2)72-26-42-82(43-27-72)109(83-44-28-73(29-45-83)65(3)4)88-58-99-104-100(59-88)113(95-23-21-20-22-90(95)78-24-40-81(41-25-78)106(17,18)19)98-63-102-94(62-93(98)107(104)91-56-79(70(13)14)38-54-96(91)111(99)86-50-34-76(35-51-86)68(9)10)108-92-57-80(71(15)16)39-55-97(92)112(87-52-36-77(37-53-87)69(11)12)101-60-89(61-103(114-102)105(101)108)110(84-46-30-74(31-47-84)66(5)6)85-48-32-75(33-49-85)67(7)8/h20-71H,1-19H3. The average Bonchev–Trinajstić information content (AvgIpc) is 0.682. The average molecular weight is 1510 g/mol. The van der Waals surface area contributed by atoms with Gasteiger partial charge in [-0.25, -0.2) is 0 Å². The van der Waals surface area contributed by atoms with Gasteiger partial charge >= 0.3 is 0 Å². The smallest absolute Gasteiger partial charge is 0.252 e. The van der Waals surface area contributed by atoms with Crippen LogP contribution in [0, 0.1) is 0 Å². The number of anilines is 15. The molecule has 17 rings (SSSR count). The van der Waals surface area contributed by atoms with Crippen molar-refractivity contribution >= 4 is 143 Å². The highest BCUT2D eigenvalue weighted by Crippen LogP contribution is 2.54. The summed E-state index contributed by atoms with van der Waals surface area (Å²) >= 11 is 1.96. The van der Waals surface area contributed by atoms with Crippen molar-refractivity contribution in [2.24, 2.45) is 0 Å². The molecule has 8 heteroatoms. The zero-order valence-corrected chi connectivity index (χ0v) is 71.1. The number of benzene rings is 13. The van der Waals surface area contributed by atoms with E-state index in [-0.39, 0.29) is 24.8 Å². The van der Waals surface area contributed by atoms with Crippen molar-refractivity contribution in [2.75, 3.05) is 24.5 Å². The van der Waals surface area contributed by atoms with Crippen molar-refractivity contribution < 1.29 is 0 Å². The summed E-state index contributed by atoms with van der Waals surface area (Å²) in [5.41, 5.74) is 39.3. The van der Waals surface area contributed by atoms with E-state index in [0.717, 1.165) is 62.6 Å². The summed E-state index contributed by atoms with van der Waals surface area (Å²) in [6.45, 7) is 43.7. The molecule has 0 N–H and O–H groups in total. The third-order valence-corrected chi connectivity index (χ3v) is 26.1. The van der Waals surface area contributed by atoms with Crippen LogP contribution in [0.3, 0.4) is 0 Å². The molecule has 570 valence electrons. The molecule has 4 heterocycles. The molecule has 0 radical (unpaired) electrons. The molecule has 4 aliphatic heterocycles. The number of para-hydroxylation sites is 1. The Morgan fingerprint density at radius 3 is 1.00 bits per heavy atom. The van der Waals surface area contributed by atoms with Crippen LogP contribution in [-0.2, 0) is 5.41 Å². The first kappa shape index (κ1) is 76.0. The van der Waals surface area contributed by atoms with Gasteiger partial charge in [-0.1, -0.05) is 294 Å². The molecule has 0 bridgehead atoms. The molecule has 0 aromatic heterocycles. The fraction of sp³-hybridized carbons (Fsp3) is 0.264. The largest absolute Gasteiger partial charge is 0.311 e. The molecule has 114 heavy (non-hydrogen) atoms. The molecule has 13 aromatic carbocycles. The Morgan fingerprint density at radius 1 is 0.263 bits per heavy atom. The van der Waals surface area contributed by atoms with Crippen LogP contribution in [-0.4, -0.2) is 13.4 Å². The van der Waals surface area contributed by atoms with E-state index in [1.54, 1.807) is 0 Å². The summed E-state index contributed by atoms with van der Waals surface area (Å²) in [7, 11) is 0. The quantitative estimate of drug-likeness (QED) is 0.0790. The van der Waals surface area contributed by atoms with Crippen molar-refractivity contribution in [2.45, 2.75) is 194 Å². The Hall–Kier alpha value is -10.7. The zero-order valence-electron chi connectivity index (χ0n) is 70.3.